The summed E-state index contributed by atoms with van der Waals surface area (Å²) in [5, 5.41) is 1.23. The zero-order valence-electron chi connectivity index (χ0n) is 13.3. The molecule has 0 unspecified atom stereocenters. The second-order valence-corrected chi connectivity index (χ2v) is 6.17. The van der Waals surface area contributed by atoms with Gasteiger partial charge < -0.3 is 15.6 Å². The maximum absolute atomic E-state index is 12.5. The fraction of sp³-hybridized carbons (Fsp3) is 0.278. The van der Waals surface area contributed by atoms with Gasteiger partial charge in [-0.1, -0.05) is 18.2 Å². The summed E-state index contributed by atoms with van der Waals surface area (Å²) >= 11 is 0. The Bertz CT molecular complexity index is 847. The number of likely N-dealkylation sites (tertiary alicyclic amines) is 1. The first-order valence-electron chi connectivity index (χ1n) is 8.16. The van der Waals surface area contributed by atoms with E-state index in [2.05, 4.69) is 33.2 Å². The fourth-order valence-electron chi connectivity index (χ4n) is 3.37. The number of fused-ring (bicyclic) bond motifs is 1. The third kappa shape index (κ3) is 2.60. The topological polar surface area (TPSA) is 87.9 Å². The van der Waals surface area contributed by atoms with Crippen molar-refractivity contribution in [1.82, 2.24) is 19.9 Å². The molecule has 6 nitrogen and oxygen atoms in total. The number of nitrogens with one attached hydrogen (secondary N) is 1. The molecule has 1 amide bonds. The van der Waals surface area contributed by atoms with Gasteiger partial charge in [0.2, 0.25) is 0 Å². The SMILES string of the molecule is Nc1nccnc1C(=O)N1CCC(c2cc3ccccc3[nH]2)CC1. The van der Waals surface area contributed by atoms with Gasteiger partial charge in [-0.25, -0.2) is 9.97 Å². The Morgan fingerprint density at radius 2 is 1.92 bits per heavy atom. The van der Waals surface area contributed by atoms with E-state index < -0.39 is 0 Å². The van der Waals surface area contributed by atoms with Crippen molar-refractivity contribution in [3.63, 3.8) is 0 Å². The third-order valence-electron chi connectivity index (χ3n) is 4.70. The van der Waals surface area contributed by atoms with Crippen molar-refractivity contribution in [3.8, 4) is 0 Å². The van der Waals surface area contributed by atoms with Crippen LogP contribution in [0.3, 0.4) is 0 Å². The molecule has 2 aromatic heterocycles. The number of nitrogens with two attached hydrogens (primary N) is 1. The number of rotatable bonds is 2. The molecular weight excluding hydrogens is 302 g/mol. The summed E-state index contributed by atoms with van der Waals surface area (Å²) in [6.07, 6.45) is 4.85. The van der Waals surface area contributed by atoms with Gasteiger partial charge in [0.1, 0.15) is 0 Å². The number of amides is 1. The molecule has 0 saturated carbocycles. The van der Waals surface area contributed by atoms with E-state index in [0.29, 0.717) is 19.0 Å². The number of carbonyl (C=O) groups excluding carboxylic acids is 1. The Hall–Kier alpha value is -2.89. The predicted octanol–water partition coefficient (Wildman–Crippen LogP) is 2.56. The quantitative estimate of drug-likeness (QED) is 0.759. The van der Waals surface area contributed by atoms with Crippen molar-refractivity contribution in [1.29, 1.82) is 0 Å². The molecule has 1 fully saturated rings. The lowest BCUT2D eigenvalue weighted by Gasteiger charge is -2.31. The van der Waals surface area contributed by atoms with Crippen LogP contribution in [0, 0.1) is 0 Å². The molecular formula is C18H19N5O. The van der Waals surface area contributed by atoms with Gasteiger partial charge in [-0.2, -0.15) is 0 Å². The third-order valence-corrected chi connectivity index (χ3v) is 4.70. The molecule has 3 N–H and O–H groups in total. The van der Waals surface area contributed by atoms with Crippen LogP contribution in [0.5, 0.6) is 0 Å². The number of anilines is 1. The van der Waals surface area contributed by atoms with Gasteiger partial charge in [-0.3, -0.25) is 4.79 Å². The molecule has 1 aliphatic rings. The minimum atomic E-state index is -0.129. The fourth-order valence-corrected chi connectivity index (χ4v) is 3.37. The lowest BCUT2D eigenvalue weighted by Crippen LogP contribution is -2.38. The second-order valence-electron chi connectivity index (χ2n) is 6.17. The van der Waals surface area contributed by atoms with Crippen LogP contribution < -0.4 is 5.73 Å². The van der Waals surface area contributed by atoms with Crippen LogP contribution in [-0.2, 0) is 0 Å². The number of benzene rings is 1. The van der Waals surface area contributed by atoms with E-state index in [-0.39, 0.29) is 17.4 Å². The van der Waals surface area contributed by atoms with Gasteiger partial charge in [-0.05, 0) is 30.4 Å². The summed E-state index contributed by atoms with van der Waals surface area (Å²) in [5.74, 6) is 0.511. The average Bonchev–Trinajstić information content (AvgIpc) is 3.06. The van der Waals surface area contributed by atoms with Crippen LogP contribution in [0.2, 0.25) is 0 Å². The number of carbonyl (C=O) groups is 1. The van der Waals surface area contributed by atoms with Crippen molar-refractivity contribution < 1.29 is 4.79 Å². The van der Waals surface area contributed by atoms with E-state index in [1.165, 1.54) is 29.0 Å². The normalized spacial score (nSPS) is 15.8. The van der Waals surface area contributed by atoms with Crippen LogP contribution in [0.15, 0.2) is 42.7 Å². The molecule has 1 saturated heterocycles. The number of piperidine rings is 1. The standard InChI is InChI=1S/C18H19N5O/c19-17-16(20-7-8-21-17)18(24)23-9-5-12(6-10-23)15-11-13-3-1-2-4-14(13)22-15/h1-4,7-8,11-12,22H,5-6,9-10H2,(H2,19,21). The Morgan fingerprint density at radius 3 is 2.67 bits per heavy atom. The van der Waals surface area contributed by atoms with Crippen molar-refractivity contribution in [2.75, 3.05) is 18.8 Å². The summed E-state index contributed by atoms with van der Waals surface area (Å²) in [7, 11) is 0. The average molecular weight is 321 g/mol. The van der Waals surface area contributed by atoms with E-state index >= 15 is 0 Å². The molecule has 24 heavy (non-hydrogen) atoms. The first-order chi connectivity index (χ1) is 11.7. The Balaban J connectivity index is 1.47. The molecule has 0 aliphatic carbocycles. The summed E-state index contributed by atoms with van der Waals surface area (Å²) in [6.45, 7) is 1.41. The Labute approximate surface area is 139 Å². The van der Waals surface area contributed by atoms with Crippen LogP contribution in [0.4, 0.5) is 5.82 Å². The zero-order chi connectivity index (χ0) is 16.5. The van der Waals surface area contributed by atoms with Gasteiger partial charge in [0.25, 0.3) is 5.91 Å². The van der Waals surface area contributed by atoms with Crippen molar-refractivity contribution in [3.05, 3.63) is 54.1 Å². The number of H-pyrrole nitrogens is 1. The molecule has 3 heterocycles. The number of aromatic amines is 1. The predicted molar refractivity (Wildman–Crippen MR) is 92.6 cm³/mol. The highest BCUT2D eigenvalue weighted by atomic mass is 16.2. The number of nitrogens with zero attached hydrogens (tertiary/aromatic N) is 3. The summed E-state index contributed by atoms with van der Waals surface area (Å²) in [6, 6.07) is 10.5. The summed E-state index contributed by atoms with van der Waals surface area (Å²) in [5.41, 5.74) is 8.43. The molecule has 6 heteroatoms. The lowest BCUT2D eigenvalue weighted by atomic mass is 9.93. The molecule has 0 bridgehead atoms. The van der Waals surface area contributed by atoms with E-state index in [4.69, 9.17) is 5.73 Å². The minimum absolute atomic E-state index is 0.129. The number of hydrogen-bond acceptors (Lipinski definition) is 4. The van der Waals surface area contributed by atoms with Gasteiger partial charge in [0.15, 0.2) is 11.5 Å². The number of nitrogen functional groups attached to an aromatic ring is 1. The molecule has 3 aromatic rings. The first-order valence-corrected chi connectivity index (χ1v) is 8.16. The van der Waals surface area contributed by atoms with Crippen molar-refractivity contribution in [2.24, 2.45) is 0 Å². The molecule has 122 valence electrons. The highest BCUT2D eigenvalue weighted by Crippen LogP contribution is 2.30. The monoisotopic (exact) mass is 321 g/mol. The van der Waals surface area contributed by atoms with E-state index in [1.807, 2.05) is 17.0 Å². The smallest absolute Gasteiger partial charge is 0.276 e. The van der Waals surface area contributed by atoms with Crippen LogP contribution in [-0.4, -0.2) is 38.8 Å². The Morgan fingerprint density at radius 1 is 1.17 bits per heavy atom. The second kappa shape index (κ2) is 5.96. The zero-order valence-corrected chi connectivity index (χ0v) is 13.3. The van der Waals surface area contributed by atoms with Gasteiger partial charge in [-0.15, -0.1) is 0 Å². The highest BCUT2D eigenvalue weighted by molar-refractivity contribution is 5.96. The number of para-hydroxylation sites is 1. The molecule has 4 rings (SSSR count). The van der Waals surface area contributed by atoms with Crippen molar-refractivity contribution >= 4 is 22.6 Å². The molecule has 1 aliphatic heterocycles. The summed E-state index contributed by atoms with van der Waals surface area (Å²) in [4.78, 5) is 25.9. The largest absolute Gasteiger partial charge is 0.382 e. The van der Waals surface area contributed by atoms with Crippen LogP contribution in [0.1, 0.15) is 34.9 Å². The lowest BCUT2D eigenvalue weighted by molar-refractivity contribution is 0.0707. The molecule has 0 radical (unpaired) electrons. The molecule has 1 aromatic carbocycles. The van der Waals surface area contributed by atoms with E-state index in [0.717, 1.165) is 12.8 Å². The van der Waals surface area contributed by atoms with Crippen molar-refractivity contribution in [2.45, 2.75) is 18.8 Å². The molecule has 0 spiro atoms. The van der Waals surface area contributed by atoms with Gasteiger partial charge in [0.05, 0.1) is 0 Å². The maximum Gasteiger partial charge on any atom is 0.276 e. The first kappa shape index (κ1) is 14.7. The van der Waals surface area contributed by atoms with E-state index in [9.17, 15) is 4.79 Å². The summed E-state index contributed by atoms with van der Waals surface area (Å²) < 4.78 is 0. The van der Waals surface area contributed by atoms with Gasteiger partial charge >= 0.3 is 0 Å². The molecule has 0 atom stereocenters. The number of aromatic nitrogens is 3. The minimum Gasteiger partial charge on any atom is -0.382 e. The Kier molecular flexibility index (Phi) is 3.65. The van der Waals surface area contributed by atoms with Gasteiger partial charge in [0, 0.05) is 42.6 Å². The van der Waals surface area contributed by atoms with Crippen LogP contribution in [0.25, 0.3) is 10.9 Å². The van der Waals surface area contributed by atoms with E-state index in [1.54, 1.807) is 0 Å². The number of hydrogen-bond donors (Lipinski definition) is 2. The highest BCUT2D eigenvalue weighted by Gasteiger charge is 2.27. The van der Waals surface area contributed by atoms with Crippen LogP contribution >= 0.6 is 0 Å². The maximum atomic E-state index is 12.5.